The van der Waals surface area contributed by atoms with Gasteiger partial charge in [0.05, 0.1) is 12.2 Å². The zero-order valence-electron chi connectivity index (χ0n) is 15.4. The van der Waals surface area contributed by atoms with Gasteiger partial charge in [0.2, 0.25) is 0 Å². The number of para-hydroxylation sites is 1. The number of hydrogen-bond acceptors (Lipinski definition) is 4. The molecule has 0 aliphatic carbocycles. The van der Waals surface area contributed by atoms with Gasteiger partial charge in [-0.15, -0.1) is 0 Å². The number of amides is 1. The van der Waals surface area contributed by atoms with E-state index in [4.69, 9.17) is 0 Å². The van der Waals surface area contributed by atoms with Crippen LogP contribution in [0.25, 0.3) is 10.9 Å². The molecule has 0 radical (unpaired) electrons. The maximum absolute atomic E-state index is 12.4. The second-order valence-corrected chi connectivity index (χ2v) is 6.47. The molecule has 3 heterocycles. The van der Waals surface area contributed by atoms with Crippen molar-refractivity contribution in [2.75, 3.05) is 11.9 Å². The highest BCUT2D eigenvalue weighted by Crippen LogP contribution is 2.18. The van der Waals surface area contributed by atoms with Gasteiger partial charge in [-0.25, -0.2) is 4.98 Å². The van der Waals surface area contributed by atoms with Gasteiger partial charge in [-0.05, 0) is 42.3 Å². The Morgan fingerprint density at radius 3 is 2.79 bits per heavy atom. The standard InChI is InChI=1S/C22H21N5O/c28-22(27-15-18-5-3-4-10-23-18)16-8-11-24-21(13-16)25-12-9-17-14-26-20-7-2-1-6-19(17)20/h1-8,10-11,13-14,26H,9,12,15H2,(H,24,25)(H,27,28). The van der Waals surface area contributed by atoms with E-state index in [2.05, 4.69) is 37.7 Å². The summed E-state index contributed by atoms with van der Waals surface area (Å²) < 4.78 is 0. The first-order chi connectivity index (χ1) is 13.8. The number of aromatic amines is 1. The lowest BCUT2D eigenvalue weighted by Gasteiger charge is -2.08. The Labute approximate surface area is 163 Å². The zero-order valence-corrected chi connectivity index (χ0v) is 15.4. The second-order valence-electron chi connectivity index (χ2n) is 6.47. The Bertz CT molecular complexity index is 1070. The van der Waals surface area contributed by atoms with Crippen LogP contribution in [0.2, 0.25) is 0 Å². The lowest BCUT2D eigenvalue weighted by Crippen LogP contribution is -2.23. The monoisotopic (exact) mass is 371 g/mol. The fourth-order valence-electron chi connectivity index (χ4n) is 3.11. The van der Waals surface area contributed by atoms with Gasteiger partial charge in [0.25, 0.3) is 5.91 Å². The average Bonchev–Trinajstić information content (AvgIpc) is 3.16. The summed E-state index contributed by atoms with van der Waals surface area (Å²) in [5, 5.41) is 7.42. The molecule has 140 valence electrons. The predicted molar refractivity (Wildman–Crippen MR) is 110 cm³/mol. The summed E-state index contributed by atoms with van der Waals surface area (Å²) in [5.74, 6) is 0.540. The molecule has 0 unspecified atom stereocenters. The number of H-pyrrole nitrogens is 1. The smallest absolute Gasteiger partial charge is 0.251 e. The summed E-state index contributed by atoms with van der Waals surface area (Å²) in [7, 11) is 0. The lowest BCUT2D eigenvalue weighted by atomic mass is 10.1. The fraction of sp³-hybridized carbons (Fsp3) is 0.136. The van der Waals surface area contributed by atoms with Crippen LogP contribution in [0.15, 0.2) is 73.2 Å². The number of fused-ring (bicyclic) bond motifs is 1. The number of anilines is 1. The SMILES string of the molecule is O=C(NCc1ccccn1)c1ccnc(NCCc2c[nH]c3ccccc23)c1. The maximum Gasteiger partial charge on any atom is 0.251 e. The number of benzene rings is 1. The third-order valence-corrected chi connectivity index (χ3v) is 4.55. The third-order valence-electron chi connectivity index (χ3n) is 4.55. The second kappa shape index (κ2) is 8.35. The highest BCUT2D eigenvalue weighted by atomic mass is 16.1. The van der Waals surface area contributed by atoms with E-state index in [0.717, 1.165) is 24.2 Å². The first kappa shape index (κ1) is 17.7. The van der Waals surface area contributed by atoms with Crippen LogP contribution in [-0.2, 0) is 13.0 Å². The van der Waals surface area contributed by atoms with Crippen molar-refractivity contribution in [2.45, 2.75) is 13.0 Å². The minimum atomic E-state index is -0.146. The van der Waals surface area contributed by atoms with Crippen LogP contribution in [0, 0.1) is 0 Å². The molecule has 3 aromatic heterocycles. The van der Waals surface area contributed by atoms with Crippen molar-refractivity contribution >= 4 is 22.6 Å². The molecule has 0 saturated heterocycles. The van der Waals surface area contributed by atoms with Crippen LogP contribution in [0.1, 0.15) is 21.6 Å². The van der Waals surface area contributed by atoms with E-state index in [1.165, 1.54) is 10.9 Å². The molecule has 1 amide bonds. The van der Waals surface area contributed by atoms with Gasteiger partial charge in [0.1, 0.15) is 5.82 Å². The molecule has 0 bridgehead atoms. The molecular formula is C22H21N5O. The Hall–Kier alpha value is -3.67. The van der Waals surface area contributed by atoms with Crippen LogP contribution < -0.4 is 10.6 Å². The van der Waals surface area contributed by atoms with E-state index in [1.54, 1.807) is 24.5 Å². The van der Waals surface area contributed by atoms with Gasteiger partial charge in [0.15, 0.2) is 0 Å². The van der Waals surface area contributed by atoms with Crippen LogP contribution in [0.3, 0.4) is 0 Å². The number of nitrogens with zero attached hydrogens (tertiary/aromatic N) is 2. The number of rotatable bonds is 7. The lowest BCUT2D eigenvalue weighted by molar-refractivity contribution is 0.0950. The topological polar surface area (TPSA) is 82.7 Å². The van der Waals surface area contributed by atoms with Crippen molar-refractivity contribution in [2.24, 2.45) is 0 Å². The minimum Gasteiger partial charge on any atom is -0.370 e. The van der Waals surface area contributed by atoms with Crippen molar-refractivity contribution in [3.8, 4) is 0 Å². The molecule has 4 rings (SSSR count). The number of carbonyl (C=O) groups excluding carboxylic acids is 1. The van der Waals surface area contributed by atoms with Gasteiger partial charge >= 0.3 is 0 Å². The molecular weight excluding hydrogens is 350 g/mol. The Balaban J connectivity index is 1.33. The Kier molecular flexibility index (Phi) is 5.29. The van der Waals surface area contributed by atoms with Crippen LogP contribution in [0.5, 0.6) is 0 Å². The molecule has 1 aromatic carbocycles. The highest BCUT2D eigenvalue weighted by Gasteiger charge is 2.08. The summed E-state index contributed by atoms with van der Waals surface area (Å²) in [5.41, 5.74) is 3.79. The van der Waals surface area contributed by atoms with Gasteiger partial charge in [-0.3, -0.25) is 9.78 Å². The molecule has 3 N–H and O–H groups in total. The van der Waals surface area contributed by atoms with E-state index in [1.807, 2.05) is 36.5 Å². The van der Waals surface area contributed by atoms with E-state index >= 15 is 0 Å². The van der Waals surface area contributed by atoms with E-state index in [0.29, 0.717) is 17.9 Å². The van der Waals surface area contributed by atoms with Crippen LogP contribution >= 0.6 is 0 Å². The van der Waals surface area contributed by atoms with Crippen LogP contribution in [0.4, 0.5) is 5.82 Å². The molecule has 0 spiro atoms. The largest absolute Gasteiger partial charge is 0.370 e. The molecule has 0 fully saturated rings. The first-order valence-corrected chi connectivity index (χ1v) is 9.22. The number of pyridine rings is 2. The summed E-state index contributed by atoms with van der Waals surface area (Å²) in [4.78, 5) is 24.2. The van der Waals surface area contributed by atoms with Gasteiger partial charge in [0, 0.05) is 41.6 Å². The van der Waals surface area contributed by atoms with Crippen molar-refractivity contribution in [1.82, 2.24) is 20.3 Å². The third kappa shape index (κ3) is 4.17. The van der Waals surface area contributed by atoms with Crippen molar-refractivity contribution in [1.29, 1.82) is 0 Å². The molecule has 0 aliphatic rings. The summed E-state index contributed by atoms with van der Waals surface area (Å²) in [6.45, 7) is 1.12. The summed E-state index contributed by atoms with van der Waals surface area (Å²) in [6.07, 6.45) is 6.26. The summed E-state index contributed by atoms with van der Waals surface area (Å²) in [6, 6.07) is 17.4. The predicted octanol–water partition coefficient (Wildman–Crippen LogP) is 3.54. The van der Waals surface area contributed by atoms with E-state index in [-0.39, 0.29) is 5.91 Å². The zero-order chi connectivity index (χ0) is 19.2. The highest BCUT2D eigenvalue weighted by molar-refractivity contribution is 5.94. The Morgan fingerprint density at radius 1 is 1.00 bits per heavy atom. The number of aromatic nitrogens is 3. The molecule has 0 aliphatic heterocycles. The number of nitrogens with one attached hydrogen (secondary N) is 3. The molecule has 6 heteroatoms. The van der Waals surface area contributed by atoms with Gasteiger partial charge in [-0.1, -0.05) is 24.3 Å². The quantitative estimate of drug-likeness (QED) is 0.464. The van der Waals surface area contributed by atoms with Crippen molar-refractivity contribution < 1.29 is 4.79 Å². The molecule has 28 heavy (non-hydrogen) atoms. The Morgan fingerprint density at radius 2 is 1.89 bits per heavy atom. The molecule has 0 saturated carbocycles. The molecule has 6 nitrogen and oxygen atoms in total. The number of carbonyl (C=O) groups is 1. The minimum absolute atomic E-state index is 0.146. The maximum atomic E-state index is 12.4. The van der Waals surface area contributed by atoms with Crippen molar-refractivity contribution in [3.63, 3.8) is 0 Å². The van der Waals surface area contributed by atoms with Gasteiger partial charge < -0.3 is 15.6 Å². The molecule has 4 aromatic rings. The summed E-state index contributed by atoms with van der Waals surface area (Å²) >= 11 is 0. The normalized spacial score (nSPS) is 10.7. The van der Waals surface area contributed by atoms with E-state index < -0.39 is 0 Å². The molecule has 0 atom stereocenters. The average molecular weight is 371 g/mol. The van der Waals surface area contributed by atoms with Crippen molar-refractivity contribution in [3.05, 3.63) is 90.0 Å². The number of hydrogen-bond donors (Lipinski definition) is 3. The van der Waals surface area contributed by atoms with E-state index in [9.17, 15) is 4.79 Å². The first-order valence-electron chi connectivity index (χ1n) is 9.22. The van der Waals surface area contributed by atoms with Gasteiger partial charge in [-0.2, -0.15) is 0 Å². The van der Waals surface area contributed by atoms with Crippen LogP contribution in [-0.4, -0.2) is 27.4 Å². The fourth-order valence-corrected chi connectivity index (χ4v) is 3.11.